The second-order valence-electron chi connectivity index (χ2n) is 11.0. The van der Waals surface area contributed by atoms with Gasteiger partial charge in [-0.3, -0.25) is 19.3 Å². The lowest BCUT2D eigenvalue weighted by atomic mass is 9.98. The van der Waals surface area contributed by atoms with Crippen molar-refractivity contribution in [1.82, 2.24) is 15.1 Å². The minimum atomic E-state index is -0.806. The molecule has 0 unspecified atom stereocenters. The molecule has 1 saturated heterocycles. The van der Waals surface area contributed by atoms with Crippen LogP contribution in [0.15, 0.2) is 72.8 Å². The van der Waals surface area contributed by atoms with Gasteiger partial charge in [-0.25, -0.2) is 0 Å². The predicted molar refractivity (Wildman–Crippen MR) is 159 cm³/mol. The number of piperidine rings is 1. The molecule has 5 rings (SSSR count). The highest BCUT2D eigenvalue weighted by Gasteiger charge is 2.38. The Labute approximate surface area is 245 Å². The number of anilines is 1. The molecule has 214 valence electrons. The highest BCUT2D eigenvalue weighted by molar-refractivity contribution is 6.30. The lowest BCUT2D eigenvalue weighted by Crippen LogP contribution is -2.56. The van der Waals surface area contributed by atoms with E-state index in [-0.39, 0.29) is 35.9 Å². The minimum Gasteiger partial charge on any atom is -0.457 e. The van der Waals surface area contributed by atoms with Crippen LogP contribution >= 0.6 is 11.6 Å². The molecule has 41 heavy (non-hydrogen) atoms. The monoisotopic (exact) mass is 574 g/mol. The van der Waals surface area contributed by atoms with Crippen LogP contribution in [0.4, 0.5) is 5.69 Å². The van der Waals surface area contributed by atoms with Gasteiger partial charge in [-0.2, -0.15) is 0 Å². The fourth-order valence-electron chi connectivity index (χ4n) is 5.50. The first-order valence-electron chi connectivity index (χ1n) is 14.0. The first-order chi connectivity index (χ1) is 19.8. The summed E-state index contributed by atoms with van der Waals surface area (Å²) < 4.78 is 5.93. The first-order valence-corrected chi connectivity index (χ1v) is 14.4. The Hall–Kier alpha value is -3.88. The molecule has 8 nitrogen and oxygen atoms in total. The maximum Gasteiger partial charge on any atom is 0.257 e. The Morgan fingerprint density at radius 2 is 1.73 bits per heavy atom. The van der Waals surface area contributed by atoms with Gasteiger partial charge in [0, 0.05) is 30.7 Å². The average Bonchev–Trinajstić information content (AvgIpc) is 3.06. The van der Waals surface area contributed by atoms with E-state index in [9.17, 15) is 14.4 Å². The van der Waals surface area contributed by atoms with Gasteiger partial charge < -0.3 is 20.3 Å². The molecular formula is C32H35ClN4O4. The summed E-state index contributed by atoms with van der Waals surface area (Å²) in [6.45, 7) is 6.20. The van der Waals surface area contributed by atoms with Gasteiger partial charge in [-0.15, -0.1) is 0 Å². The number of nitrogens with one attached hydrogen (secondary N) is 2. The third-order valence-corrected chi connectivity index (χ3v) is 7.76. The number of ether oxygens (including phenoxy) is 1. The summed E-state index contributed by atoms with van der Waals surface area (Å²) >= 11 is 6.08. The van der Waals surface area contributed by atoms with E-state index in [2.05, 4.69) is 27.7 Å². The van der Waals surface area contributed by atoms with Crippen molar-refractivity contribution in [3.05, 3.63) is 88.9 Å². The second-order valence-corrected chi connectivity index (χ2v) is 11.4. The van der Waals surface area contributed by atoms with Gasteiger partial charge in [0.05, 0.1) is 11.3 Å². The van der Waals surface area contributed by atoms with Gasteiger partial charge in [0.15, 0.2) is 0 Å². The predicted octanol–water partition coefficient (Wildman–Crippen LogP) is 5.33. The number of amides is 3. The van der Waals surface area contributed by atoms with Crippen molar-refractivity contribution in [2.45, 2.75) is 45.3 Å². The fourth-order valence-corrected chi connectivity index (χ4v) is 5.68. The molecule has 0 aliphatic carbocycles. The van der Waals surface area contributed by atoms with Crippen LogP contribution in [0.3, 0.4) is 0 Å². The van der Waals surface area contributed by atoms with Crippen LogP contribution < -0.4 is 15.4 Å². The van der Waals surface area contributed by atoms with E-state index in [0.717, 1.165) is 32.5 Å². The summed E-state index contributed by atoms with van der Waals surface area (Å²) in [5.74, 6) is -0.263. The molecule has 0 spiro atoms. The number of carbonyl (C=O) groups is 3. The summed E-state index contributed by atoms with van der Waals surface area (Å²) in [5.41, 5.74) is 1.92. The van der Waals surface area contributed by atoms with Crippen molar-refractivity contribution in [2.24, 2.45) is 5.92 Å². The van der Waals surface area contributed by atoms with Crippen molar-refractivity contribution in [3.63, 3.8) is 0 Å². The molecule has 2 heterocycles. The molecule has 3 amide bonds. The lowest BCUT2D eigenvalue weighted by molar-refractivity contribution is -0.129. The number of hydrogen-bond donors (Lipinski definition) is 2. The molecule has 3 aromatic carbocycles. The number of likely N-dealkylation sites (tertiary alicyclic amines) is 1. The Kier molecular flexibility index (Phi) is 8.90. The van der Waals surface area contributed by atoms with Crippen molar-refractivity contribution in [3.8, 4) is 11.5 Å². The molecule has 1 atom stereocenters. The molecular weight excluding hydrogens is 540 g/mol. The Balaban J connectivity index is 1.28. The lowest BCUT2D eigenvalue weighted by Gasteiger charge is -2.36. The molecule has 1 fully saturated rings. The molecule has 2 N–H and O–H groups in total. The van der Waals surface area contributed by atoms with Gasteiger partial charge >= 0.3 is 0 Å². The summed E-state index contributed by atoms with van der Waals surface area (Å²) in [5, 5.41) is 6.52. The number of fused-ring (bicyclic) bond motifs is 1. The van der Waals surface area contributed by atoms with E-state index >= 15 is 0 Å². The minimum absolute atomic E-state index is 0.0108. The number of hydrogen-bond acceptors (Lipinski definition) is 5. The zero-order valence-electron chi connectivity index (χ0n) is 23.3. The summed E-state index contributed by atoms with van der Waals surface area (Å²) in [6.07, 6.45) is 1.65. The second kappa shape index (κ2) is 12.7. The Morgan fingerprint density at radius 1 is 1.00 bits per heavy atom. The van der Waals surface area contributed by atoms with Crippen molar-refractivity contribution >= 4 is 35.0 Å². The number of halogens is 1. The largest absolute Gasteiger partial charge is 0.457 e. The Morgan fingerprint density at radius 3 is 2.44 bits per heavy atom. The van der Waals surface area contributed by atoms with E-state index in [1.54, 1.807) is 42.5 Å². The molecule has 2 aliphatic rings. The SMILES string of the molecule is CC(C)[C@H](C(=O)NC1CCN(Cc2ccccc2)CC1)N1CC(=O)Nc2ccc(Oc3cccc(Cl)c3)cc2C1=O. The van der Waals surface area contributed by atoms with Gasteiger partial charge in [-0.05, 0) is 60.7 Å². The maximum atomic E-state index is 13.9. The zero-order valence-corrected chi connectivity index (χ0v) is 24.1. The molecule has 9 heteroatoms. The first kappa shape index (κ1) is 28.6. The van der Waals surface area contributed by atoms with E-state index in [1.165, 1.54) is 10.5 Å². The van der Waals surface area contributed by atoms with Crippen LogP contribution in [0.5, 0.6) is 11.5 Å². The van der Waals surface area contributed by atoms with Gasteiger partial charge in [-0.1, -0.05) is 61.8 Å². The third kappa shape index (κ3) is 7.07. The van der Waals surface area contributed by atoms with Crippen LogP contribution in [-0.4, -0.2) is 59.2 Å². The van der Waals surface area contributed by atoms with E-state index in [0.29, 0.717) is 22.2 Å². The molecule has 2 aliphatic heterocycles. The van der Waals surface area contributed by atoms with E-state index < -0.39 is 11.9 Å². The number of nitrogens with zero attached hydrogens (tertiary/aromatic N) is 2. The third-order valence-electron chi connectivity index (χ3n) is 7.52. The molecule has 3 aromatic rings. The van der Waals surface area contributed by atoms with Crippen LogP contribution in [0.1, 0.15) is 42.6 Å². The molecule has 0 radical (unpaired) electrons. The van der Waals surface area contributed by atoms with Crippen LogP contribution in [0.2, 0.25) is 5.02 Å². The Bertz CT molecular complexity index is 1410. The molecule has 0 saturated carbocycles. The maximum absolute atomic E-state index is 13.9. The topological polar surface area (TPSA) is 91.0 Å². The summed E-state index contributed by atoms with van der Waals surface area (Å²) in [7, 11) is 0. The highest BCUT2D eigenvalue weighted by atomic mass is 35.5. The van der Waals surface area contributed by atoms with Crippen LogP contribution in [-0.2, 0) is 16.1 Å². The van der Waals surface area contributed by atoms with Crippen molar-refractivity contribution in [1.29, 1.82) is 0 Å². The average molecular weight is 575 g/mol. The van der Waals surface area contributed by atoms with Crippen LogP contribution in [0, 0.1) is 5.92 Å². The van der Waals surface area contributed by atoms with Crippen molar-refractivity contribution < 1.29 is 19.1 Å². The van der Waals surface area contributed by atoms with Gasteiger partial charge in [0.25, 0.3) is 5.91 Å². The molecule has 0 aromatic heterocycles. The van der Waals surface area contributed by atoms with E-state index in [4.69, 9.17) is 16.3 Å². The normalized spacial score (nSPS) is 17.0. The zero-order chi connectivity index (χ0) is 28.9. The van der Waals surface area contributed by atoms with E-state index in [1.807, 2.05) is 32.0 Å². The number of benzene rings is 3. The fraction of sp³-hybridized carbons (Fsp3) is 0.344. The highest BCUT2D eigenvalue weighted by Crippen LogP contribution is 2.31. The summed E-state index contributed by atoms with van der Waals surface area (Å²) in [4.78, 5) is 44.2. The van der Waals surface area contributed by atoms with Crippen molar-refractivity contribution in [2.75, 3.05) is 25.0 Å². The quantitative estimate of drug-likeness (QED) is 0.379. The smallest absolute Gasteiger partial charge is 0.257 e. The standard InChI is InChI=1S/C32H35ClN4O4/c1-21(2)30(31(39)34-24-13-15-36(16-14-24)19-22-7-4-3-5-8-22)37-20-29(38)35-28-12-11-26(18-27(28)32(37)40)41-25-10-6-9-23(33)17-25/h3-12,17-18,21,24,30H,13-16,19-20H2,1-2H3,(H,34,39)(H,35,38)/t30-/m1/s1. The number of rotatable bonds is 8. The summed E-state index contributed by atoms with van der Waals surface area (Å²) in [6, 6.07) is 21.4. The van der Waals surface area contributed by atoms with Crippen LogP contribution in [0.25, 0.3) is 0 Å². The number of carbonyl (C=O) groups excluding carboxylic acids is 3. The molecule has 0 bridgehead atoms. The van der Waals surface area contributed by atoms with Gasteiger partial charge in [0.1, 0.15) is 24.1 Å². The van der Waals surface area contributed by atoms with Gasteiger partial charge in [0.2, 0.25) is 11.8 Å².